The van der Waals surface area contributed by atoms with Gasteiger partial charge >= 0.3 is 0 Å². The Morgan fingerprint density at radius 3 is 2.71 bits per heavy atom. The first kappa shape index (κ1) is 12.6. The van der Waals surface area contributed by atoms with E-state index in [-0.39, 0.29) is 0 Å². The molecule has 3 nitrogen and oxygen atoms in total. The molecule has 0 unspecified atom stereocenters. The van der Waals surface area contributed by atoms with Gasteiger partial charge in [0.15, 0.2) is 0 Å². The van der Waals surface area contributed by atoms with Gasteiger partial charge in [-0.25, -0.2) is 9.97 Å². The summed E-state index contributed by atoms with van der Waals surface area (Å²) in [6, 6.07) is 14.1. The Hall–Kier alpha value is -2.17. The van der Waals surface area contributed by atoms with Crippen molar-refractivity contribution in [1.82, 2.24) is 9.97 Å². The average molecular weight is 312 g/mol. The Balaban J connectivity index is 1.98. The van der Waals surface area contributed by atoms with Crippen LogP contribution in [0.4, 0.5) is 5.82 Å². The molecule has 0 radical (unpaired) electrons. The summed E-state index contributed by atoms with van der Waals surface area (Å²) < 4.78 is 2.09. The van der Waals surface area contributed by atoms with Gasteiger partial charge < -0.3 is 5.73 Å². The molecule has 0 spiro atoms. The molecule has 0 amide bonds. The van der Waals surface area contributed by atoms with Gasteiger partial charge in [0, 0.05) is 15.1 Å². The fourth-order valence-corrected chi connectivity index (χ4v) is 3.73. The quantitative estimate of drug-likeness (QED) is 0.552. The van der Waals surface area contributed by atoms with Crippen molar-refractivity contribution in [3.05, 3.63) is 53.8 Å². The van der Waals surface area contributed by atoms with E-state index in [1.165, 1.54) is 6.33 Å². The van der Waals surface area contributed by atoms with Crippen LogP contribution in [0.1, 0.15) is 0 Å². The number of nitrogens with zero attached hydrogens (tertiary/aromatic N) is 2. The van der Waals surface area contributed by atoms with E-state index in [9.17, 15) is 0 Å². The van der Waals surface area contributed by atoms with Crippen molar-refractivity contribution in [2.75, 3.05) is 5.73 Å². The van der Waals surface area contributed by atoms with E-state index < -0.39 is 0 Å². The SMILES string of the molecule is Nc1ncnc2c1sc1cc(-c3cccc(Cl)c3)ccc12. The third kappa shape index (κ3) is 2.04. The maximum atomic E-state index is 6.07. The minimum Gasteiger partial charge on any atom is -0.382 e. The van der Waals surface area contributed by atoms with Crippen LogP contribution < -0.4 is 5.73 Å². The number of nitrogen functional groups attached to an aromatic ring is 1. The number of hydrogen-bond donors (Lipinski definition) is 1. The maximum Gasteiger partial charge on any atom is 0.144 e. The number of rotatable bonds is 1. The van der Waals surface area contributed by atoms with Gasteiger partial charge in [0.25, 0.3) is 0 Å². The predicted molar refractivity (Wildman–Crippen MR) is 89.8 cm³/mol. The first-order valence-electron chi connectivity index (χ1n) is 6.41. The Kier molecular flexibility index (Phi) is 2.80. The molecule has 4 aromatic rings. The van der Waals surface area contributed by atoms with E-state index in [2.05, 4.69) is 34.2 Å². The number of aromatic nitrogens is 2. The minimum atomic E-state index is 0.533. The molecule has 21 heavy (non-hydrogen) atoms. The molecule has 0 aliphatic rings. The lowest BCUT2D eigenvalue weighted by Crippen LogP contribution is -1.89. The van der Waals surface area contributed by atoms with Crippen molar-refractivity contribution in [1.29, 1.82) is 0 Å². The minimum absolute atomic E-state index is 0.533. The molecule has 0 atom stereocenters. The number of anilines is 1. The molecular formula is C16H10ClN3S. The summed E-state index contributed by atoms with van der Waals surface area (Å²) in [5.74, 6) is 0.533. The van der Waals surface area contributed by atoms with Crippen molar-refractivity contribution in [3.8, 4) is 11.1 Å². The second-order valence-electron chi connectivity index (χ2n) is 4.76. The topological polar surface area (TPSA) is 51.8 Å². The van der Waals surface area contributed by atoms with E-state index in [1.54, 1.807) is 11.3 Å². The fourth-order valence-electron chi connectivity index (χ4n) is 2.44. The predicted octanol–water partition coefficient (Wildman–Crippen LogP) is 4.75. The molecule has 0 aliphatic carbocycles. The molecule has 0 saturated carbocycles. The van der Waals surface area contributed by atoms with Crippen molar-refractivity contribution in [2.45, 2.75) is 0 Å². The molecule has 102 valence electrons. The normalized spacial score (nSPS) is 11.3. The number of fused-ring (bicyclic) bond motifs is 3. The van der Waals surface area contributed by atoms with Crippen LogP contribution in [0, 0.1) is 0 Å². The second-order valence-corrected chi connectivity index (χ2v) is 6.25. The highest BCUT2D eigenvalue weighted by molar-refractivity contribution is 7.26. The average Bonchev–Trinajstić information content (AvgIpc) is 2.87. The molecule has 2 aromatic carbocycles. The number of thiophene rings is 1. The van der Waals surface area contributed by atoms with Crippen LogP contribution in [0.15, 0.2) is 48.8 Å². The molecule has 2 heterocycles. The number of halogens is 1. The van der Waals surface area contributed by atoms with E-state index in [0.29, 0.717) is 5.82 Å². The van der Waals surface area contributed by atoms with Gasteiger partial charge in [0.2, 0.25) is 0 Å². The van der Waals surface area contributed by atoms with Gasteiger partial charge in [-0.05, 0) is 29.3 Å². The van der Waals surface area contributed by atoms with Gasteiger partial charge in [-0.2, -0.15) is 0 Å². The fraction of sp³-hybridized carbons (Fsp3) is 0. The smallest absolute Gasteiger partial charge is 0.144 e. The molecule has 0 fully saturated rings. The number of nitrogens with two attached hydrogens (primary N) is 1. The molecule has 2 N–H and O–H groups in total. The van der Waals surface area contributed by atoms with Crippen molar-refractivity contribution < 1.29 is 0 Å². The standard InChI is InChI=1S/C16H10ClN3S/c17-11-3-1-2-9(6-11)10-4-5-12-13(7-10)21-15-14(12)19-8-20-16(15)18/h1-8H,(H2,18,19,20). The van der Waals surface area contributed by atoms with Crippen molar-refractivity contribution >= 4 is 49.1 Å². The van der Waals surface area contributed by atoms with Crippen molar-refractivity contribution in [3.63, 3.8) is 0 Å². The van der Waals surface area contributed by atoms with Crippen LogP contribution in [0.25, 0.3) is 31.4 Å². The second kappa shape index (κ2) is 4.69. The van der Waals surface area contributed by atoms with E-state index in [4.69, 9.17) is 17.3 Å². The van der Waals surface area contributed by atoms with Crippen LogP contribution in [-0.2, 0) is 0 Å². The van der Waals surface area contributed by atoms with Gasteiger partial charge in [-0.1, -0.05) is 35.9 Å². The first-order valence-corrected chi connectivity index (χ1v) is 7.60. The maximum absolute atomic E-state index is 6.07. The van der Waals surface area contributed by atoms with Gasteiger partial charge in [-0.3, -0.25) is 0 Å². The summed E-state index contributed by atoms with van der Waals surface area (Å²) in [4.78, 5) is 8.40. The zero-order chi connectivity index (χ0) is 14.4. The molecule has 0 saturated heterocycles. The number of benzene rings is 2. The first-order chi connectivity index (χ1) is 10.2. The summed E-state index contributed by atoms with van der Waals surface area (Å²) in [5.41, 5.74) is 9.07. The lowest BCUT2D eigenvalue weighted by atomic mass is 10.0. The molecule has 2 aromatic heterocycles. The summed E-state index contributed by atoms with van der Waals surface area (Å²) in [6.45, 7) is 0. The van der Waals surface area contributed by atoms with Gasteiger partial charge in [0.05, 0.1) is 10.2 Å². The Labute approximate surface area is 130 Å². The Bertz CT molecular complexity index is 978. The summed E-state index contributed by atoms with van der Waals surface area (Å²) >= 11 is 7.68. The van der Waals surface area contributed by atoms with Crippen molar-refractivity contribution in [2.24, 2.45) is 0 Å². The Morgan fingerprint density at radius 2 is 1.86 bits per heavy atom. The van der Waals surface area contributed by atoms with Crippen LogP contribution >= 0.6 is 22.9 Å². The molecule has 4 rings (SSSR count). The summed E-state index contributed by atoms with van der Waals surface area (Å²) in [5, 5.41) is 1.84. The number of hydrogen-bond acceptors (Lipinski definition) is 4. The van der Waals surface area contributed by atoms with Crippen LogP contribution in [0.5, 0.6) is 0 Å². The van der Waals surface area contributed by atoms with Crippen LogP contribution in [0.2, 0.25) is 5.02 Å². The lowest BCUT2D eigenvalue weighted by molar-refractivity contribution is 1.24. The molecule has 0 aliphatic heterocycles. The molecule has 0 bridgehead atoms. The monoisotopic (exact) mass is 311 g/mol. The highest BCUT2D eigenvalue weighted by atomic mass is 35.5. The third-order valence-electron chi connectivity index (χ3n) is 3.44. The van der Waals surface area contributed by atoms with E-state index in [1.807, 2.05) is 18.2 Å². The highest BCUT2D eigenvalue weighted by Crippen LogP contribution is 2.37. The largest absolute Gasteiger partial charge is 0.382 e. The lowest BCUT2D eigenvalue weighted by Gasteiger charge is -2.02. The van der Waals surface area contributed by atoms with Crippen LogP contribution in [0.3, 0.4) is 0 Å². The zero-order valence-corrected chi connectivity index (χ0v) is 12.4. The molecular weight excluding hydrogens is 302 g/mol. The van der Waals surface area contributed by atoms with Crippen LogP contribution in [-0.4, -0.2) is 9.97 Å². The van der Waals surface area contributed by atoms with Gasteiger partial charge in [0.1, 0.15) is 12.1 Å². The van der Waals surface area contributed by atoms with E-state index >= 15 is 0 Å². The molecule has 5 heteroatoms. The highest BCUT2D eigenvalue weighted by Gasteiger charge is 2.10. The van der Waals surface area contributed by atoms with Gasteiger partial charge in [-0.15, -0.1) is 11.3 Å². The van der Waals surface area contributed by atoms with E-state index in [0.717, 1.165) is 36.5 Å². The third-order valence-corrected chi connectivity index (χ3v) is 4.84. The Morgan fingerprint density at radius 1 is 1.00 bits per heavy atom. The summed E-state index contributed by atoms with van der Waals surface area (Å²) in [7, 11) is 0. The zero-order valence-electron chi connectivity index (χ0n) is 10.9. The summed E-state index contributed by atoms with van der Waals surface area (Å²) in [6.07, 6.45) is 1.51.